The van der Waals surface area contributed by atoms with Crippen molar-refractivity contribution in [3.8, 4) is 22.5 Å². The van der Waals surface area contributed by atoms with Gasteiger partial charge in [0.2, 0.25) is 0 Å². The first-order chi connectivity index (χ1) is 27.3. The van der Waals surface area contributed by atoms with Crippen molar-refractivity contribution in [2.24, 2.45) is 0 Å². The van der Waals surface area contributed by atoms with Crippen LogP contribution < -0.4 is 0 Å². The third-order valence-corrected chi connectivity index (χ3v) is 12.4. The SMILES string of the molecule is c1ccc2c3c(ccc2c1)CC(c1nc(-c2ccc4ccc5ccccc5c4c2)nc2ccccc12)c1cc2c4ccccc4n4c5ccccc5c(c1-3)c24. The normalized spacial score (nSPS) is 14.3. The fraction of sp³-hybridized carbons (Fsp3) is 0.0385. The molecule has 1 aliphatic rings. The third kappa shape index (κ3) is 3.94. The Bertz CT molecular complexity index is 3590. The number of hydrogen-bond acceptors (Lipinski definition) is 2. The molecule has 3 heterocycles. The molecule has 0 radical (unpaired) electrons. The van der Waals surface area contributed by atoms with Gasteiger partial charge in [0.15, 0.2) is 5.82 Å². The quantitative estimate of drug-likeness (QED) is 0.168. The van der Waals surface area contributed by atoms with Gasteiger partial charge in [0.25, 0.3) is 0 Å². The van der Waals surface area contributed by atoms with E-state index in [9.17, 15) is 0 Å². The van der Waals surface area contributed by atoms with Crippen molar-refractivity contribution < 1.29 is 0 Å². The van der Waals surface area contributed by atoms with Gasteiger partial charge in [-0.15, -0.1) is 0 Å². The third-order valence-electron chi connectivity index (χ3n) is 12.4. The maximum Gasteiger partial charge on any atom is 0.160 e. The van der Waals surface area contributed by atoms with Crippen LogP contribution in [0.15, 0.2) is 170 Å². The molecule has 1 unspecified atom stereocenters. The van der Waals surface area contributed by atoms with Gasteiger partial charge in [-0.25, -0.2) is 9.97 Å². The molecule has 0 saturated carbocycles. The summed E-state index contributed by atoms with van der Waals surface area (Å²) in [5.41, 5.74) is 12.3. The van der Waals surface area contributed by atoms with Crippen LogP contribution in [0.1, 0.15) is 22.7 Å². The summed E-state index contributed by atoms with van der Waals surface area (Å²) in [6.45, 7) is 0. The van der Waals surface area contributed by atoms with E-state index in [4.69, 9.17) is 9.97 Å². The first-order valence-corrected chi connectivity index (χ1v) is 19.2. The van der Waals surface area contributed by atoms with E-state index < -0.39 is 0 Å². The van der Waals surface area contributed by atoms with Crippen molar-refractivity contribution >= 4 is 81.3 Å². The van der Waals surface area contributed by atoms with E-state index in [0.29, 0.717) is 0 Å². The zero-order valence-electron chi connectivity index (χ0n) is 29.8. The number of benzene rings is 9. The first-order valence-electron chi connectivity index (χ1n) is 19.2. The molecule has 12 aromatic rings. The summed E-state index contributed by atoms with van der Waals surface area (Å²) in [4.78, 5) is 10.9. The van der Waals surface area contributed by atoms with Crippen molar-refractivity contribution in [3.05, 3.63) is 187 Å². The predicted octanol–water partition coefficient (Wildman–Crippen LogP) is 13.3. The molecule has 0 saturated heterocycles. The number of nitrogens with zero attached hydrogens (tertiary/aromatic N) is 3. The summed E-state index contributed by atoms with van der Waals surface area (Å²) in [6.07, 6.45) is 0.848. The Morgan fingerprint density at radius 3 is 1.91 bits per heavy atom. The van der Waals surface area contributed by atoms with Crippen LogP contribution >= 0.6 is 0 Å². The van der Waals surface area contributed by atoms with Gasteiger partial charge in [-0.2, -0.15) is 0 Å². The van der Waals surface area contributed by atoms with E-state index in [1.165, 1.54) is 92.7 Å². The number of aromatic nitrogens is 3. The van der Waals surface area contributed by atoms with E-state index in [2.05, 4.69) is 174 Å². The molecule has 13 rings (SSSR count). The van der Waals surface area contributed by atoms with Crippen LogP contribution in [0.2, 0.25) is 0 Å². The van der Waals surface area contributed by atoms with E-state index >= 15 is 0 Å². The van der Waals surface area contributed by atoms with E-state index in [0.717, 1.165) is 34.4 Å². The fourth-order valence-electron chi connectivity index (χ4n) is 10.1. The van der Waals surface area contributed by atoms with Crippen LogP contribution in [0, 0.1) is 0 Å². The molecule has 1 atom stereocenters. The minimum atomic E-state index is 0.00660. The Hall–Kier alpha value is -7.10. The minimum Gasteiger partial charge on any atom is -0.308 e. The van der Waals surface area contributed by atoms with Crippen LogP contribution in [-0.4, -0.2) is 14.4 Å². The Morgan fingerprint density at radius 1 is 0.455 bits per heavy atom. The van der Waals surface area contributed by atoms with E-state index in [-0.39, 0.29) is 5.92 Å². The van der Waals surface area contributed by atoms with Crippen molar-refractivity contribution in [1.29, 1.82) is 0 Å². The lowest BCUT2D eigenvalue weighted by Gasteiger charge is -2.30. The Kier molecular flexibility index (Phi) is 5.74. The second-order valence-electron chi connectivity index (χ2n) is 15.2. The van der Waals surface area contributed by atoms with Gasteiger partial charge >= 0.3 is 0 Å². The smallest absolute Gasteiger partial charge is 0.160 e. The lowest BCUT2D eigenvalue weighted by atomic mass is 9.73. The first kappa shape index (κ1) is 29.4. The molecular formula is C52H31N3. The van der Waals surface area contributed by atoms with Crippen LogP contribution in [0.5, 0.6) is 0 Å². The minimum absolute atomic E-state index is 0.00660. The lowest BCUT2D eigenvalue weighted by Crippen LogP contribution is -2.16. The highest BCUT2D eigenvalue weighted by Gasteiger charge is 2.34. The summed E-state index contributed by atoms with van der Waals surface area (Å²) in [6, 6.07) is 62.4. The maximum absolute atomic E-state index is 5.64. The standard InChI is InChI=1S/C52H31N3/c1-3-13-35-30(11-1)21-22-32-24-26-34(28-40(32)35)52-53-44-18-8-5-16-38(44)50(54-52)42-27-33-25-23-31-12-2-4-14-36(31)47(33)48-41(42)29-43-37-15-6-9-19-45(37)55-46-20-10-7-17-39(46)49(48)51(43)55/h1-26,28-29,42H,27H2. The molecule has 1 aliphatic carbocycles. The lowest BCUT2D eigenvalue weighted by molar-refractivity contribution is 0.774. The Labute approximate surface area is 316 Å². The van der Waals surface area contributed by atoms with Gasteiger partial charge < -0.3 is 4.40 Å². The van der Waals surface area contributed by atoms with Gasteiger partial charge in [-0.05, 0) is 91.3 Å². The molecular weight excluding hydrogens is 667 g/mol. The predicted molar refractivity (Wildman–Crippen MR) is 230 cm³/mol. The van der Waals surface area contributed by atoms with Gasteiger partial charge in [0, 0.05) is 38.4 Å². The summed E-state index contributed by atoms with van der Waals surface area (Å²) >= 11 is 0. The number of hydrogen-bond donors (Lipinski definition) is 0. The molecule has 0 N–H and O–H groups in total. The van der Waals surface area contributed by atoms with E-state index in [1.807, 2.05) is 0 Å². The second-order valence-corrected chi connectivity index (χ2v) is 15.2. The van der Waals surface area contributed by atoms with Crippen molar-refractivity contribution in [2.45, 2.75) is 12.3 Å². The molecule has 0 bridgehead atoms. The van der Waals surface area contributed by atoms with Crippen LogP contribution in [0.3, 0.4) is 0 Å². The number of para-hydroxylation sites is 3. The second kappa shape index (κ2) is 10.7. The molecule has 3 heteroatoms. The fourth-order valence-corrected chi connectivity index (χ4v) is 10.1. The number of fused-ring (bicyclic) bond motifs is 16. The molecule has 254 valence electrons. The van der Waals surface area contributed by atoms with Crippen LogP contribution in [0.4, 0.5) is 0 Å². The molecule has 9 aromatic carbocycles. The largest absolute Gasteiger partial charge is 0.308 e. The molecule has 0 aliphatic heterocycles. The van der Waals surface area contributed by atoms with Crippen molar-refractivity contribution in [2.75, 3.05) is 0 Å². The van der Waals surface area contributed by atoms with Gasteiger partial charge in [0.05, 0.1) is 27.8 Å². The molecule has 0 amide bonds. The van der Waals surface area contributed by atoms with Gasteiger partial charge in [-0.1, -0.05) is 140 Å². The summed E-state index contributed by atoms with van der Waals surface area (Å²) in [5, 5.41) is 13.8. The molecule has 0 fully saturated rings. The Morgan fingerprint density at radius 2 is 1.07 bits per heavy atom. The average molecular weight is 698 g/mol. The molecule has 3 aromatic heterocycles. The highest BCUT2D eigenvalue weighted by Crippen LogP contribution is 2.53. The zero-order valence-corrected chi connectivity index (χ0v) is 29.8. The topological polar surface area (TPSA) is 30.2 Å². The summed E-state index contributed by atoms with van der Waals surface area (Å²) in [7, 11) is 0. The maximum atomic E-state index is 5.64. The molecule has 0 spiro atoms. The average Bonchev–Trinajstić information content (AvgIpc) is 3.77. The Balaban J connectivity index is 1.16. The van der Waals surface area contributed by atoms with Crippen molar-refractivity contribution in [1.82, 2.24) is 14.4 Å². The molecule has 3 nitrogen and oxygen atoms in total. The monoisotopic (exact) mass is 697 g/mol. The van der Waals surface area contributed by atoms with Crippen LogP contribution in [-0.2, 0) is 6.42 Å². The zero-order chi connectivity index (χ0) is 35.8. The highest BCUT2D eigenvalue weighted by atomic mass is 14.9. The number of rotatable bonds is 2. The van der Waals surface area contributed by atoms with Gasteiger partial charge in [-0.3, -0.25) is 0 Å². The van der Waals surface area contributed by atoms with Crippen molar-refractivity contribution in [3.63, 3.8) is 0 Å². The van der Waals surface area contributed by atoms with E-state index in [1.54, 1.807) is 0 Å². The van der Waals surface area contributed by atoms with Crippen LogP contribution in [0.25, 0.3) is 104 Å². The highest BCUT2D eigenvalue weighted by molar-refractivity contribution is 6.29. The van der Waals surface area contributed by atoms with Gasteiger partial charge in [0.1, 0.15) is 0 Å². The summed E-state index contributed by atoms with van der Waals surface area (Å²) < 4.78 is 2.51. The summed E-state index contributed by atoms with van der Waals surface area (Å²) in [5.74, 6) is 0.772. The molecule has 55 heavy (non-hydrogen) atoms.